The third-order valence-corrected chi connectivity index (χ3v) is 5.95. The van der Waals surface area contributed by atoms with E-state index in [0.29, 0.717) is 18.8 Å². The molecular weight excluding hydrogens is 430 g/mol. The summed E-state index contributed by atoms with van der Waals surface area (Å²) in [5.74, 6) is -2.00. The van der Waals surface area contributed by atoms with Gasteiger partial charge >= 0.3 is 12.0 Å². The lowest BCUT2D eigenvalue weighted by atomic mass is 9.80. The first-order valence-corrected chi connectivity index (χ1v) is 11.1. The van der Waals surface area contributed by atoms with Crippen molar-refractivity contribution >= 4 is 35.4 Å². The maximum Gasteiger partial charge on any atom is 0.377 e. The molecule has 0 heterocycles. The molecule has 0 radical (unpaired) electrons. The van der Waals surface area contributed by atoms with Gasteiger partial charge in [0.05, 0.1) is 11.4 Å². The van der Waals surface area contributed by atoms with Crippen LogP contribution in [-0.2, 0) is 17.6 Å². The van der Waals surface area contributed by atoms with Crippen LogP contribution in [0.2, 0.25) is 0 Å². The van der Waals surface area contributed by atoms with Crippen molar-refractivity contribution in [3.05, 3.63) is 95.6 Å². The Hall–Kier alpha value is -4.26. The van der Waals surface area contributed by atoms with E-state index in [2.05, 4.69) is 10.5 Å². The number of ketones is 1. The highest BCUT2D eigenvalue weighted by molar-refractivity contribution is 6.40. The Bertz CT molecular complexity index is 1170. The van der Waals surface area contributed by atoms with Gasteiger partial charge in [0.25, 0.3) is 5.78 Å². The van der Waals surface area contributed by atoms with E-state index in [9.17, 15) is 14.4 Å². The molecule has 172 valence electrons. The van der Waals surface area contributed by atoms with E-state index >= 15 is 0 Å². The van der Waals surface area contributed by atoms with Crippen molar-refractivity contribution < 1.29 is 19.5 Å². The van der Waals surface area contributed by atoms with Crippen LogP contribution in [0.1, 0.15) is 34.3 Å². The smallest absolute Gasteiger partial charge is 0.377 e. The minimum absolute atomic E-state index is 0.284. The molecule has 0 aromatic heterocycles. The molecule has 4 rings (SSSR count). The molecular formula is C27H25N3O4. The van der Waals surface area contributed by atoms with E-state index in [4.69, 9.17) is 5.11 Å². The molecule has 1 aliphatic carbocycles. The monoisotopic (exact) mass is 455 g/mol. The Morgan fingerprint density at radius 3 is 2.21 bits per heavy atom. The number of hydrogen-bond donors (Lipinski definition) is 2. The van der Waals surface area contributed by atoms with Gasteiger partial charge in [0.1, 0.15) is 0 Å². The van der Waals surface area contributed by atoms with E-state index < -0.39 is 11.8 Å². The summed E-state index contributed by atoms with van der Waals surface area (Å²) >= 11 is 0. The molecule has 0 fully saturated rings. The second-order valence-corrected chi connectivity index (χ2v) is 8.16. The van der Waals surface area contributed by atoms with Crippen molar-refractivity contribution in [2.75, 3.05) is 4.90 Å². The zero-order valence-electron chi connectivity index (χ0n) is 18.6. The van der Waals surface area contributed by atoms with Gasteiger partial charge < -0.3 is 5.11 Å². The lowest BCUT2D eigenvalue weighted by Crippen LogP contribution is -2.34. The van der Waals surface area contributed by atoms with Crippen LogP contribution in [0.15, 0.2) is 84.0 Å². The normalized spacial score (nSPS) is 14.9. The quantitative estimate of drug-likeness (QED) is 0.227. The summed E-state index contributed by atoms with van der Waals surface area (Å²) < 4.78 is 0. The fraction of sp³-hybridized carbons (Fsp3) is 0.185. The molecule has 0 spiro atoms. The van der Waals surface area contributed by atoms with Gasteiger partial charge in [-0.1, -0.05) is 54.6 Å². The van der Waals surface area contributed by atoms with E-state index in [1.807, 2.05) is 66.7 Å². The van der Waals surface area contributed by atoms with E-state index in [0.717, 1.165) is 35.3 Å². The number of anilines is 2. The first-order valence-electron chi connectivity index (χ1n) is 11.1. The van der Waals surface area contributed by atoms with Crippen molar-refractivity contribution in [3.63, 3.8) is 0 Å². The average molecular weight is 456 g/mol. The number of nitrogens with zero attached hydrogens (tertiary/aromatic N) is 2. The molecule has 0 bridgehead atoms. The summed E-state index contributed by atoms with van der Waals surface area (Å²) in [5, 5.41) is 13.2. The number of carbonyl (C=O) groups is 3. The number of fused-ring (bicyclic) bond motifs is 1. The summed E-state index contributed by atoms with van der Waals surface area (Å²) in [7, 11) is 0. The third-order valence-electron chi connectivity index (χ3n) is 5.95. The van der Waals surface area contributed by atoms with Crippen LogP contribution >= 0.6 is 0 Å². The zero-order valence-corrected chi connectivity index (χ0v) is 18.6. The van der Waals surface area contributed by atoms with E-state index in [1.165, 1.54) is 0 Å². The van der Waals surface area contributed by atoms with Crippen molar-refractivity contribution in [2.24, 2.45) is 11.0 Å². The van der Waals surface area contributed by atoms with E-state index in [1.54, 1.807) is 23.2 Å². The zero-order chi connectivity index (χ0) is 23.9. The molecule has 3 aromatic carbocycles. The molecule has 34 heavy (non-hydrogen) atoms. The Morgan fingerprint density at radius 2 is 1.59 bits per heavy atom. The highest BCUT2D eigenvalue weighted by atomic mass is 16.4. The van der Waals surface area contributed by atoms with Gasteiger partial charge in [-0.25, -0.2) is 15.0 Å². The lowest BCUT2D eigenvalue weighted by molar-refractivity contribution is -0.131. The number of benzene rings is 3. The first-order chi connectivity index (χ1) is 16.5. The number of hydrogen-bond acceptors (Lipinski definition) is 4. The fourth-order valence-corrected chi connectivity index (χ4v) is 4.30. The predicted octanol–water partition coefficient (Wildman–Crippen LogP) is 4.98. The second kappa shape index (κ2) is 10.6. The summed E-state index contributed by atoms with van der Waals surface area (Å²) in [4.78, 5) is 37.6. The lowest BCUT2D eigenvalue weighted by Gasteiger charge is -2.25. The molecule has 0 aliphatic heterocycles. The molecule has 7 heteroatoms. The molecule has 1 aliphatic rings. The predicted molar refractivity (Wildman–Crippen MR) is 131 cm³/mol. The minimum atomic E-state index is -1.43. The highest BCUT2D eigenvalue weighted by Gasteiger charge is 2.25. The highest BCUT2D eigenvalue weighted by Crippen LogP contribution is 2.30. The van der Waals surface area contributed by atoms with Crippen LogP contribution in [0.3, 0.4) is 0 Å². The number of para-hydroxylation sites is 2. The first kappa shape index (κ1) is 22.9. The largest absolute Gasteiger partial charge is 0.475 e. The number of aliphatic carboxylic acids is 1. The standard InChI is InChI=1S/C27H25N3O4/c31-25(26(32)33)24-13-7-8-20-18-19(14-15-23(20)24)16-17-28-29-27(34)30(21-9-3-1-4-10-21)22-11-5-2-6-12-22/h1-13,17,19H,14-16,18H2,(H,29,34)(H,32,33). The molecule has 2 N–H and O–H groups in total. The molecule has 3 aromatic rings. The van der Waals surface area contributed by atoms with Gasteiger partial charge in [0, 0.05) is 11.8 Å². The average Bonchev–Trinajstić information content (AvgIpc) is 2.87. The fourth-order valence-electron chi connectivity index (χ4n) is 4.30. The minimum Gasteiger partial charge on any atom is -0.475 e. The Balaban J connectivity index is 1.39. The van der Waals surface area contributed by atoms with Crippen molar-refractivity contribution in [2.45, 2.75) is 25.7 Å². The van der Waals surface area contributed by atoms with Gasteiger partial charge in [-0.05, 0) is 67.0 Å². The molecule has 7 nitrogen and oxygen atoms in total. The number of nitrogens with one attached hydrogen (secondary N) is 1. The maximum atomic E-state index is 12.9. The molecule has 1 atom stereocenters. The number of rotatable bonds is 7. The molecule has 0 saturated heterocycles. The number of carboxylic acids is 1. The number of Topliss-reactive ketones (excluding diaryl/α,β-unsaturated/α-hetero) is 1. The van der Waals surface area contributed by atoms with Crippen LogP contribution in [0, 0.1) is 5.92 Å². The number of hydrazone groups is 1. The van der Waals surface area contributed by atoms with Gasteiger partial charge in [0.2, 0.25) is 0 Å². The summed E-state index contributed by atoms with van der Waals surface area (Å²) in [6.07, 6.45) is 4.56. The summed E-state index contributed by atoms with van der Waals surface area (Å²) in [6, 6.07) is 23.6. The van der Waals surface area contributed by atoms with Crippen LogP contribution in [0.25, 0.3) is 0 Å². The van der Waals surface area contributed by atoms with Gasteiger partial charge in [-0.2, -0.15) is 5.10 Å². The maximum absolute atomic E-state index is 12.9. The molecule has 1 unspecified atom stereocenters. The Kier molecular flexibility index (Phi) is 7.13. The van der Waals surface area contributed by atoms with Crippen LogP contribution in [0.5, 0.6) is 0 Å². The molecule has 2 amide bonds. The number of amides is 2. The van der Waals surface area contributed by atoms with Crippen molar-refractivity contribution in [1.29, 1.82) is 0 Å². The van der Waals surface area contributed by atoms with Crippen LogP contribution in [0.4, 0.5) is 16.2 Å². The van der Waals surface area contributed by atoms with Crippen LogP contribution < -0.4 is 10.3 Å². The van der Waals surface area contributed by atoms with Crippen molar-refractivity contribution in [3.8, 4) is 0 Å². The Labute approximate surface area is 197 Å². The molecule has 0 saturated carbocycles. The number of carbonyl (C=O) groups excluding carboxylic acids is 2. The van der Waals surface area contributed by atoms with Crippen LogP contribution in [-0.4, -0.2) is 29.1 Å². The van der Waals surface area contributed by atoms with Gasteiger partial charge in [-0.3, -0.25) is 9.69 Å². The SMILES string of the molecule is O=C(O)C(=O)c1cccc2c1CCC(CC=NNC(=O)N(c1ccccc1)c1ccccc1)C2. The van der Waals surface area contributed by atoms with E-state index in [-0.39, 0.29) is 11.6 Å². The topological polar surface area (TPSA) is 99.1 Å². The van der Waals surface area contributed by atoms with Gasteiger partial charge in [0.15, 0.2) is 0 Å². The summed E-state index contributed by atoms with van der Waals surface area (Å²) in [5.41, 5.74) is 6.20. The third kappa shape index (κ3) is 5.20. The van der Waals surface area contributed by atoms with Crippen molar-refractivity contribution in [1.82, 2.24) is 5.43 Å². The number of carboxylic acid groups (broad SMARTS) is 1. The summed E-state index contributed by atoms with van der Waals surface area (Å²) in [6.45, 7) is 0. The Morgan fingerprint density at radius 1 is 0.941 bits per heavy atom. The number of urea groups is 1. The van der Waals surface area contributed by atoms with Gasteiger partial charge in [-0.15, -0.1) is 0 Å². The second-order valence-electron chi connectivity index (χ2n) is 8.16.